The molecule has 1 heteroatoms. The van der Waals surface area contributed by atoms with E-state index in [2.05, 4.69) is 43.3 Å². The van der Waals surface area contributed by atoms with Gasteiger partial charge in [0, 0.05) is 5.02 Å². The summed E-state index contributed by atoms with van der Waals surface area (Å²) in [4.78, 5) is 0. The number of hydrogen-bond acceptors (Lipinski definition) is 0. The second-order valence-corrected chi connectivity index (χ2v) is 7.30. The standard InChI is InChI=1S/C21H25Cl/c1-16-2-4-17(5-3-16)6-7-18-8-10-19(11-9-18)20-12-14-21(22)15-13-20/h8-17H,2-7H2,1H3. The van der Waals surface area contributed by atoms with Gasteiger partial charge in [0.2, 0.25) is 0 Å². The summed E-state index contributed by atoms with van der Waals surface area (Å²) >= 11 is 5.95. The minimum Gasteiger partial charge on any atom is -0.0843 e. The molecule has 0 radical (unpaired) electrons. The molecule has 0 saturated heterocycles. The molecule has 1 aliphatic rings. The first-order valence-electron chi connectivity index (χ1n) is 8.55. The first kappa shape index (κ1) is 15.6. The highest BCUT2D eigenvalue weighted by Crippen LogP contribution is 2.31. The molecule has 0 atom stereocenters. The minimum atomic E-state index is 0.794. The van der Waals surface area contributed by atoms with Crippen molar-refractivity contribution in [1.29, 1.82) is 0 Å². The van der Waals surface area contributed by atoms with Crippen LogP contribution >= 0.6 is 11.6 Å². The highest BCUT2D eigenvalue weighted by molar-refractivity contribution is 6.30. The van der Waals surface area contributed by atoms with Crippen molar-refractivity contribution >= 4 is 11.6 Å². The van der Waals surface area contributed by atoms with Gasteiger partial charge in [-0.25, -0.2) is 0 Å². The second-order valence-electron chi connectivity index (χ2n) is 6.87. The molecule has 22 heavy (non-hydrogen) atoms. The lowest BCUT2D eigenvalue weighted by Crippen LogP contribution is -2.12. The monoisotopic (exact) mass is 312 g/mol. The molecule has 0 amide bonds. The van der Waals surface area contributed by atoms with Gasteiger partial charge < -0.3 is 0 Å². The van der Waals surface area contributed by atoms with Gasteiger partial charge in [0.1, 0.15) is 0 Å². The van der Waals surface area contributed by atoms with Crippen molar-refractivity contribution in [3.05, 3.63) is 59.1 Å². The summed E-state index contributed by atoms with van der Waals surface area (Å²) in [7, 11) is 0. The van der Waals surface area contributed by atoms with Crippen molar-refractivity contribution < 1.29 is 0 Å². The summed E-state index contributed by atoms with van der Waals surface area (Å²) in [5, 5.41) is 0.794. The third kappa shape index (κ3) is 4.14. The summed E-state index contributed by atoms with van der Waals surface area (Å²) < 4.78 is 0. The lowest BCUT2D eigenvalue weighted by Gasteiger charge is -2.26. The quantitative estimate of drug-likeness (QED) is 0.584. The van der Waals surface area contributed by atoms with Crippen LogP contribution in [0.3, 0.4) is 0 Å². The number of benzene rings is 2. The lowest BCUT2D eigenvalue weighted by atomic mass is 9.80. The zero-order chi connectivity index (χ0) is 15.4. The average Bonchev–Trinajstić information content (AvgIpc) is 2.56. The van der Waals surface area contributed by atoms with Crippen LogP contribution in [0.5, 0.6) is 0 Å². The van der Waals surface area contributed by atoms with Crippen molar-refractivity contribution in [2.45, 2.75) is 45.4 Å². The Kier molecular flexibility index (Phi) is 5.20. The summed E-state index contributed by atoms with van der Waals surface area (Å²) in [6.07, 6.45) is 8.31. The number of aryl methyl sites for hydroxylation is 1. The smallest absolute Gasteiger partial charge is 0.0406 e. The summed E-state index contributed by atoms with van der Waals surface area (Å²) in [6.45, 7) is 2.39. The maximum Gasteiger partial charge on any atom is 0.0406 e. The van der Waals surface area contributed by atoms with Gasteiger partial charge in [-0.15, -0.1) is 0 Å². The third-order valence-corrected chi connectivity index (χ3v) is 5.36. The molecule has 0 aliphatic heterocycles. The van der Waals surface area contributed by atoms with Crippen LogP contribution in [0.25, 0.3) is 11.1 Å². The molecule has 1 saturated carbocycles. The van der Waals surface area contributed by atoms with Crippen LogP contribution in [0.1, 0.15) is 44.6 Å². The van der Waals surface area contributed by atoms with E-state index in [0.29, 0.717) is 0 Å². The Hall–Kier alpha value is -1.27. The van der Waals surface area contributed by atoms with Crippen LogP contribution in [0.2, 0.25) is 5.02 Å². The average molecular weight is 313 g/mol. The van der Waals surface area contributed by atoms with E-state index in [1.54, 1.807) is 0 Å². The fourth-order valence-corrected chi connectivity index (χ4v) is 3.62. The van der Waals surface area contributed by atoms with Gasteiger partial charge in [-0.05, 0) is 53.5 Å². The molecule has 0 bridgehead atoms. The van der Waals surface area contributed by atoms with Crippen molar-refractivity contribution in [2.75, 3.05) is 0 Å². The molecule has 0 unspecified atom stereocenters. The summed E-state index contributed by atoms with van der Waals surface area (Å²) in [5.74, 6) is 1.90. The van der Waals surface area contributed by atoms with E-state index in [9.17, 15) is 0 Å². The Bertz CT molecular complexity index is 574. The Balaban J connectivity index is 1.56. The van der Waals surface area contributed by atoms with Gasteiger partial charge in [-0.1, -0.05) is 80.6 Å². The van der Waals surface area contributed by atoms with Crippen LogP contribution < -0.4 is 0 Å². The van der Waals surface area contributed by atoms with Gasteiger partial charge >= 0.3 is 0 Å². The van der Waals surface area contributed by atoms with E-state index in [1.165, 1.54) is 55.2 Å². The summed E-state index contributed by atoms with van der Waals surface area (Å²) in [5.41, 5.74) is 3.97. The van der Waals surface area contributed by atoms with E-state index < -0.39 is 0 Å². The molecule has 3 rings (SSSR count). The van der Waals surface area contributed by atoms with Gasteiger partial charge in [0.25, 0.3) is 0 Å². The van der Waals surface area contributed by atoms with Crippen LogP contribution in [-0.2, 0) is 6.42 Å². The zero-order valence-corrected chi connectivity index (χ0v) is 14.2. The first-order chi connectivity index (χ1) is 10.7. The second kappa shape index (κ2) is 7.33. The first-order valence-corrected chi connectivity index (χ1v) is 8.93. The van der Waals surface area contributed by atoms with Gasteiger partial charge in [-0.3, -0.25) is 0 Å². The van der Waals surface area contributed by atoms with E-state index in [-0.39, 0.29) is 0 Å². The maximum absolute atomic E-state index is 5.95. The highest BCUT2D eigenvalue weighted by Gasteiger charge is 2.17. The van der Waals surface area contributed by atoms with Gasteiger partial charge in [-0.2, -0.15) is 0 Å². The van der Waals surface area contributed by atoms with Gasteiger partial charge in [0.05, 0.1) is 0 Å². The fraction of sp³-hybridized carbons (Fsp3) is 0.429. The van der Waals surface area contributed by atoms with E-state index in [4.69, 9.17) is 11.6 Å². The SMILES string of the molecule is CC1CCC(CCc2ccc(-c3ccc(Cl)cc3)cc2)CC1. The highest BCUT2D eigenvalue weighted by atomic mass is 35.5. The largest absolute Gasteiger partial charge is 0.0843 e. The van der Waals surface area contributed by atoms with E-state index >= 15 is 0 Å². The summed E-state index contributed by atoms with van der Waals surface area (Å²) in [6, 6.07) is 17.1. The Morgan fingerprint density at radius 2 is 1.36 bits per heavy atom. The molecule has 1 fully saturated rings. The molecule has 2 aromatic rings. The van der Waals surface area contributed by atoms with Crippen LogP contribution in [0, 0.1) is 11.8 Å². The molecule has 0 spiro atoms. The van der Waals surface area contributed by atoms with Crippen LogP contribution in [-0.4, -0.2) is 0 Å². The van der Waals surface area contributed by atoms with Crippen LogP contribution in [0.4, 0.5) is 0 Å². The maximum atomic E-state index is 5.95. The molecule has 0 heterocycles. The fourth-order valence-electron chi connectivity index (χ4n) is 3.49. The molecule has 2 aromatic carbocycles. The third-order valence-electron chi connectivity index (χ3n) is 5.11. The van der Waals surface area contributed by atoms with Crippen molar-refractivity contribution in [3.8, 4) is 11.1 Å². The van der Waals surface area contributed by atoms with E-state index in [1.807, 2.05) is 12.1 Å². The molecule has 116 valence electrons. The molecular weight excluding hydrogens is 288 g/mol. The predicted octanol–water partition coefficient (Wildman–Crippen LogP) is 6.77. The lowest BCUT2D eigenvalue weighted by molar-refractivity contribution is 0.278. The Morgan fingerprint density at radius 3 is 1.95 bits per heavy atom. The van der Waals surface area contributed by atoms with Crippen molar-refractivity contribution in [3.63, 3.8) is 0 Å². The molecular formula is C21H25Cl. The zero-order valence-electron chi connectivity index (χ0n) is 13.4. The minimum absolute atomic E-state index is 0.794. The Labute approximate surface area is 139 Å². The number of hydrogen-bond donors (Lipinski definition) is 0. The number of halogens is 1. The van der Waals surface area contributed by atoms with Crippen molar-refractivity contribution in [1.82, 2.24) is 0 Å². The Morgan fingerprint density at radius 1 is 0.818 bits per heavy atom. The number of rotatable bonds is 4. The topological polar surface area (TPSA) is 0 Å². The van der Waals surface area contributed by atoms with Crippen LogP contribution in [0.15, 0.2) is 48.5 Å². The van der Waals surface area contributed by atoms with Gasteiger partial charge in [0.15, 0.2) is 0 Å². The predicted molar refractivity (Wildman–Crippen MR) is 96.3 cm³/mol. The molecule has 0 aromatic heterocycles. The van der Waals surface area contributed by atoms with E-state index in [0.717, 1.165) is 16.9 Å². The molecule has 1 aliphatic carbocycles. The van der Waals surface area contributed by atoms with Crippen molar-refractivity contribution in [2.24, 2.45) is 11.8 Å². The molecule has 0 N–H and O–H groups in total. The molecule has 0 nitrogen and oxygen atoms in total. The normalized spacial score (nSPS) is 21.7.